The van der Waals surface area contributed by atoms with Crippen molar-refractivity contribution in [3.63, 3.8) is 0 Å². The number of fused-ring (bicyclic) bond motifs is 1. The van der Waals surface area contributed by atoms with Gasteiger partial charge in [0, 0.05) is 37.6 Å². The van der Waals surface area contributed by atoms with Crippen LogP contribution in [0.5, 0.6) is 0 Å². The second kappa shape index (κ2) is 17.5. The molecule has 0 spiro atoms. The number of nitrogens with two attached hydrogens (primary N) is 1. The van der Waals surface area contributed by atoms with Gasteiger partial charge in [-0.1, -0.05) is 79.8 Å². The minimum absolute atomic E-state index is 0.0184. The van der Waals surface area contributed by atoms with Gasteiger partial charge in [0.2, 0.25) is 23.5 Å². The maximum Gasteiger partial charge on any atom is 0.287 e. The lowest BCUT2D eigenvalue weighted by Crippen LogP contribution is -2.56. The van der Waals surface area contributed by atoms with Crippen LogP contribution in [0.25, 0.3) is 10.8 Å². The third-order valence-corrected chi connectivity index (χ3v) is 10.9. The SMILES string of the molecule is CC(=O)Nc1ccc(CC(NC(=O)[C@@H]2C[C@H](n3nncc3C(C)(C)O)CN2C(=O)[C@@H](CC2CCCCC2)NC(=O)c2ccc3ccccc3c2)C(=O)C(N)=O)cc1. The number of hydrogen-bond donors (Lipinski definition) is 5. The van der Waals surface area contributed by atoms with Crippen LogP contribution in [0.1, 0.15) is 93.4 Å². The van der Waals surface area contributed by atoms with Gasteiger partial charge in [-0.05, 0) is 66.8 Å². The molecule has 5 amide bonds. The molecule has 1 unspecified atom stereocenters. The predicted molar refractivity (Wildman–Crippen MR) is 211 cm³/mol. The number of aliphatic hydroxyl groups is 1. The first kappa shape index (κ1) is 40.7. The molecular weight excluding hydrogens is 729 g/mol. The van der Waals surface area contributed by atoms with Gasteiger partial charge >= 0.3 is 0 Å². The van der Waals surface area contributed by atoms with Crippen LogP contribution in [0, 0.1) is 5.92 Å². The number of ketones is 1. The van der Waals surface area contributed by atoms with E-state index in [0.29, 0.717) is 28.9 Å². The highest BCUT2D eigenvalue weighted by Crippen LogP contribution is 2.34. The number of carbonyl (C=O) groups excluding carboxylic acids is 6. The highest BCUT2D eigenvalue weighted by atomic mass is 16.3. The van der Waals surface area contributed by atoms with Gasteiger partial charge in [-0.3, -0.25) is 28.8 Å². The summed E-state index contributed by atoms with van der Waals surface area (Å²) in [5, 5.41) is 29.4. The number of aromatic nitrogens is 3. The highest BCUT2D eigenvalue weighted by Gasteiger charge is 2.45. The zero-order valence-electron chi connectivity index (χ0n) is 32.4. The third-order valence-electron chi connectivity index (χ3n) is 10.9. The molecule has 57 heavy (non-hydrogen) atoms. The number of amides is 5. The van der Waals surface area contributed by atoms with E-state index in [1.54, 1.807) is 50.2 Å². The first-order chi connectivity index (χ1) is 27.2. The van der Waals surface area contributed by atoms with Crippen LogP contribution in [-0.2, 0) is 36.0 Å². The number of primary amides is 1. The van der Waals surface area contributed by atoms with Crippen LogP contribution >= 0.6 is 0 Å². The molecule has 6 rings (SSSR count). The van der Waals surface area contributed by atoms with Crippen molar-refractivity contribution in [2.24, 2.45) is 11.7 Å². The molecule has 3 aromatic carbocycles. The predicted octanol–water partition coefficient (Wildman–Crippen LogP) is 3.31. The average molecular weight is 779 g/mol. The van der Waals surface area contributed by atoms with Gasteiger partial charge in [-0.2, -0.15) is 0 Å². The molecule has 15 nitrogen and oxygen atoms in total. The van der Waals surface area contributed by atoms with Crippen LogP contribution in [0.15, 0.2) is 72.9 Å². The average Bonchev–Trinajstić information content (AvgIpc) is 3.86. The number of hydrogen-bond acceptors (Lipinski definition) is 9. The lowest BCUT2D eigenvalue weighted by atomic mass is 9.84. The lowest BCUT2D eigenvalue weighted by Gasteiger charge is -2.32. The number of Topliss-reactive ketones (excluding diaryl/α,β-unsaturated/α-hetero) is 1. The van der Waals surface area contributed by atoms with Crippen LogP contribution in [0.3, 0.4) is 0 Å². The highest BCUT2D eigenvalue weighted by molar-refractivity contribution is 6.38. The summed E-state index contributed by atoms with van der Waals surface area (Å²) in [7, 11) is 0. The molecule has 2 fully saturated rings. The zero-order chi connectivity index (χ0) is 40.9. The Hall–Kier alpha value is -5.96. The van der Waals surface area contributed by atoms with Crippen LogP contribution in [-0.4, -0.2) is 85.0 Å². The van der Waals surface area contributed by atoms with E-state index in [1.807, 2.05) is 30.3 Å². The van der Waals surface area contributed by atoms with Gasteiger partial charge in [-0.25, -0.2) is 4.68 Å². The number of nitrogens with zero attached hydrogens (tertiary/aromatic N) is 4. The Bertz CT molecular complexity index is 2140. The summed E-state index contributed by atoms with van der Waals surface area (Å²) in [6.07, 6.45) is 6.64. The van der Waals surface area contributed by atoms with E-state index in [2.05, 4.69) is 26.3 Å². The maximum absolute atomic E-state index is 14.9. The molecule has 1 aliphatic heterocycles. The van der Waals surface area contributed by atoms with Crippen molar-refractivity contribution >= 4 is 51.8 Å². The van der Waals surface area contributed by atoms with E-state index in [0.717, 1.165) is 42.9 Å². The molecule has 1 aromatic heterocycles. The van der Waals surface area contributed by atoms with Crippen LogP contribution in [0.4, 0.5) is 5.69 Å². The van der Waals surface area contributed by atoms with E-state index in [4.69, 9.17) is 5.73 Å². The molecule has 300 valence electrons. The monoisotopic (exact) mass is 778 g/mol. The van der Waals surface area contributed by atoms with E-state index in [9.17, 15) is 33.9 Å². The summed E-state index contributed by atoms with van der Waals surface area (Å²) in [5.41, 5.74) is 5.93. The Balaban J connectivity index is 1.31. The number of anilines is 1. The molecule has 2 aliphatic rings. The number of rotatable bonds is 14. The van der Waals surface area contributed by atoms with Gasteiger partial charge in [0.1, 0.15) is 23.7 Å². The molecule has 1 aliphatic carbocycles. The van der Waals surface area contributed by atoms with Crippen molar-refractivity contribution in [3.05, 3.63) is 89.7 Å². The van der Waals surface area contributed by atoms with Crippen molar-refractivity contribution in [2.45, 2.75) is 102 Å². The van der Waals surface area contributed by atoms with E-state index < -0.39 is 59.2 Å². The van der Waals surface area contributed by atoms with Gasteiger partial charge < -0.3 is 31.7 Å². The molecule has 15 heteroatoms. The Morgan fingerprint density at radius 2 is 1.61 bits per heavy atom. The summed E-state index contributed by atoms with van der Waals surface area (Å²) >= 11 is 0. The fraction of sp³-hybridized carbons (Fsp3) is 0.429. The summed E-state index contributed by atoms with van der Waals surface area (Å²) in [4.78, 5) is 81.5. The minimum Gasteiger partial charge on any atom is -0.384 e. The summed E-state index contributed by atoms with van der Waals surface area (Å²) < 4.78 is 1.50. The largest absolute Gasteiger partial charge is 0.384 e. The van der Waals surface area contributed by atoms with Crippen molar-refractivity contribution < 1.29 is 33.9 Å². The first-order valence-corrected chi connectivity index (χ1v) is 19.4. The van der Waals surface area contributed by atoms with Crippen LogP contribution < -0.4 is 21.7 Å². The summed E-state index contributed by atoms with van der Waals surface area (Å²) in [6.45, 7) is 4.51. The Labute approximate surface area is 330 Å². The summed E-state index contributed by atoms with van der Waals surface area (Å²) in [5.74, 6) is -3.98. The molecule has 6 N–H and O–H groups in total. The fourth-order valence-electron chi connectivity index (χ4n) is 8.00. The van der Waals surface area contributed by atoms with E-state index in [-0.39, 0.29) is 31.2 Å². The van der Waals surface area contributed by atoms with Crippen molar-refractivity contribution in [1.82, 2.24) is 30.5 Å². The Morgan fingerprint density at radius 3 is 2.28 bits per heavy atom. The van der Waals surface area contributed by atoms with Crippen LogP contribution in [0.2, 0.25) is 0 Å². The fourth-order valence-corrected chi connectivity index (χ4v) is 8.00. The van der Waals surface area contributed by atoms with Gasteiger partial charge in [0.05, 0.1) is 17.9 Å². The molecule has 1 saturated carbocycles. The minimum atomic E-state index is -1.37. The Kier molecular flexibility index (Phi) is 12.5. The molecule has 0 radical (unpaired) electrons. The van der Waals surface area contributed by atoms with E-state index >= 15 is 0 Å². The molecule has 4 atom stereocenters. The maximum atomic E-state index is 14.9. The normalized spacial score (nSPS) is 18.4. The molecule has 1 saturated heterocycles. The molecule has 0 bridgehead atoms. The number of nitrogens with one attached hydrogen (secondary N) is 3. The Morgan fingerprint density at radius 1 is 0.912 bits per heavy atom. The van der Waals surface area contributed by atoms with Gasteiger partial charge in [-0.15, -0.1) is 5.10 Å². The smallest absolute Gasteiger partial charge is 0.287 e. The van der Waals surface area contributed by atoms with Crippen molar-refractivity contribution in [3.8, 4) is 0 Å². The molecule has 4 aromatic rings. The van der Waals surface area contributed by atoms with E-state index in [1.165, 1.54) is 22.7 Å². The summed E-state index contributed by atoms with van der Waals surface area (Å²) in [6, 6.07) is 15.4. The second-order valence-corrected chi connectivity index (χ2v) is 15.7. The second-order valence-electron chi connectivity index (χ2n) is 15.7. The topological polar surface area (TPSA) is 219 Å². The van der Waals surface area contributed by atoms with Gasteiger partial charge in [0.15, 0.2) is 0 Å². The number of carbonyl (C=O) groups is 6. The zero-order valence-corrected chi connectivity index (χ0v) is 32.4. The van der Waals surface area contributed by atoms with Crippen molar-refractivity contribution in [2.75, 3.05) is 11.9 Å². The first-order valence-electron chi connectivity index (χ1n) is 19.4. The molecular formula is C42H50N8O7. The van der Waals surface area contributed by atoms with Gasteiger partial charge in [0.25, 0.3) is 11.8 Å². The molecule has 2 heterocycles. The van der Waals surface area contributed by atoms with Crippen molar-refractivity contribution in [1.29, 1.82) is 0 Å². The number of likely N-dealkylation sites (tertiary alicyclic amines) is 1. The third kappa shape index (κ3) is 9.89. The quantitative estimate of drug-likeness (QED) is 0.119. The number of benzene rings is 3. The lowest BCUT2D eigenvalue weighted by molar-refractivity contribution is -0.142. The standard InChI is InChI=1S/C42H50N8O7/c1-25(51)45-31-17-13-27(14-18-31)19-33(37(52)38(43)53)46-40(55)35-22-32(50-36(23-44-48-50)42(2,3)57)24-49(35)41(56)34(20-26-9-5-4-6-10-26)47-39(54)30-16-15-28-11-7-8-12-29(28)21-30/h7-8,11-18,21,23,26,32-35,57H,4-6,9-10,19-20,22,24H2,1-3H3,(H2,43,53)(H,45,51)(H,46,55)(H,47,54)/t32-,33?,34+,35-/m0/s1.